The molecule has 3 heteroatoms. The van der Waals surface area contributed by atoms with Crippen LogP contribution in [0.3, 0.4) is 0 Å². The van der Waals surface area contributed by atoms with Crippen LogP contribution in [0.25, 0.3) is 38.4 Å². The summed E-state index contributed by atoms with van der Waals surface area (Å²) in [5.74, 6) is 0. The Morgan fingerprint density at radius 1 is 0.613 bits per heavy atom. The summed E-state index contributed by atoms with van der Waals surface area (Å²) in [6.07, 6.45) is 1.90. The third-order valence-electron chi connectivity index (χ3n) is 6.23. The Bertz CT molecular complexity index is 1430. The molecule has 5 aromatic rings. The smallest absolute Gasteiger partial charge is 0.391 e. The summed E-state index contributed by atoms with van der Waals surface area (Å²) in [7, 11) is 0.536. The van der Waals surface area contributed by atoms with Crippen molar-refractivity contribution >= 4 is 57.3 Å². The normalized spacial score (nSPS) is 11.9. The van der Waals surface area contributed by atoms with Crippen molar-refractivity contribution in [2.75, 3.05) is 14.2 Å². The monoisotopic (exact) mass is 420 g/mol. The van der Waals surface area contributed by atoms with Crippen molar-refractivity contribution < 1.29 is 8.85 Å². The molecule has 0 spiro atoms. The van der Waals surface area contributed by atoms with E-state index in [1.54, 1.807) is 14.2 Å². The highest BCUT2D eigenvalue weighted by Gasteiger charge is 2.43. The molecule has 0 saturated carbocycles. The second kappa shape index (κ2) is 7.78. The maximum absolute atomic E-state index is 6.39. The van der Waals surface area contributed by atoms with Crippen LogP contribution in [0.4, 0.5) is 0 Å². The van der Waals surface area contributed by atoms with Crippen molar-refractivity contribution in [1.82, 2.24) is 0 Å². The predicted octanol–water partition coefficient (Wildman–Crippen LogP) is 5.64. The lowest BCUT2D eigenvalue weighted by Gasteiger charge is -2.31. The van der Waals surface area contributed by atoms with E-state index in [1.807, 2.05) is 6.08 Å². The van der Waals surface area contributed by atoms with Gasteiger partial charge in [0.05, 0.1) is 0 Å². The Labute approximate surface area is 183 Å². The van der Waals surface area contributed by atoms with Crippen molar-refractivity contribution in [1.29, 1.82) is 0 Å². The highest BCUT2D eigenvalue weighted by Crippen LogP contribution is 2.28. The first-order chi connectivity index (χ1) is 15.2. The second-order valence-electron chi connectivity index (χ2n) is 7.67. The highest BCUT2D eigenvalue weighted by molar-refractivity contribution is 6.95. The van der Waals surface area contributed by atoms with Crippen LogP contribution in [0.15, 0.2) is 97.6 Å². The van der Waals surface area contributed by atoms with Crippen molar-refractivity contribution in [3.63, 3.8) is 0 Å². The van der Waals surface area contributed by atoms with Gasteiger partial charge in [0.15, 0.2) is 0 Å². The van der Waals surface area contributed by atoms with Crippen molar-refractivity contribution in [2.24, 2.45) is 0 Å². The van der Waals surface area contributed by atoms with Gasteiger partial charge in [-0.1, -0.05) is 97.6 Å². The first kappa shape index (κ1) is 19.7. The Morgan fingerprint density at radius 3 is 1.81 bits per heavy atom. The molecule has 2 nitrogen and oxygen atoms in total. The number of hydrogen-bond donors (Lipinski definition) is 0. The minimum atomic E-state index is -3.01. The predicted molar refractivity (Wildman–Crippen MR) is 135 cm³/mol. The molecular weight excluding hydrogens is 396 g/mol. The molecule has 0 unspecified atom stereocenters. The number of hydrogen-bond acceptors (Lipinski definition) is 2. The topological polar surface area (TPSA) is 18.5 Å². The summed E-state index contributed by atoms with van der Waals surface area (Å²) in [5.41, 5.74) is 1.11. The van der Waals surface area contributed by atoms with E-state index in [4.69, 9.17) is 8.85 Å². The van der Waals surface area contributed by atoms with Crippen LogP contribution in [0.1, 0.15) is 5.56 Å². The van der Waals surface area contributed by atoms with E-state index in [0.717, 1.165) is 26.7 Å². The Hall–Kier alpha value is -3.24. The average molecular weight is 421 g/mol. The molecule has 0 fully saturated rings. The van der Waals surface area contributed by atoms with Crippen LogP contribution in [0.2, 0.25) is 0 Å². The molecule has 0 aliphatic rings. The molecule has 0 atom stereocenters. The summed E-state index contributed by atoms with van der Waals surface area (Å²) in [6.45, 7) is 4.00. The van der Waals surface area contributed by atoms with E-state index in [2.05, 4.69) is 97.6 Å². The molecule has 0 radical (unpaired) electrons. The molecule has 0 N–H and O–H groups in total. The number of fused-ring (bicyclic) bond motifs is 4. The van der Waals surface area contributed by atoms with Gasteiger partial charge in [-0.25, -0.2) is 0 Å². The molecule has 0 aliphatic carbocycles. The molecule has 5 rings (SSSR count). The molecule has 5 aromatic carbocycles. The first-order valence-electron chi connectivity index (χ1n) is 10.4. The fourth-order valence-corrected chi connectivity index (χ4v) is 7.91. The third-order valence-corrected chi connectivity index (χ3v) is 9.65. The Balaban J connectivity index is 1.93. The van der Waals surface area contributed by atoms with Gasteiger partial charge in [0.1, 0.15) is 0 Å². The van der Waals surface area contributed by atoms with Crippen molar-refractivity contribution in [3.05, 3.63) is 103 Å². The number of benzene rings is 5. The molecule has 0 aromatic heterocycles. The SMILES string of the molecule is C=Cc1ccc([Si](OC)(OC)c2cc3ccccc3c3ccccc23)c2ccccc12. The lowest BCUT2D eigenvalue weighted by Crippen LogP contribution is -2.62. The van der Waals surface area contributed by atoms with Gasteiger partial charge in [-0.15, -0.1) is 0 Å². The zero-order valence-corrected chi connectivity index (χ0v) is 18.8. The standard InChI is InChI=1S/C28H24O2Si/c1-4-20-17-18-27(25-15-9-7-12-22(20)25)31(29-2,30-3)28-19-21-11-5-6-13-23(21)24-14-8-10-16-26(24)28/h4-19H,1H2,2-3H3. The molecule has 0 bridgehead atoms. The van der Waals surface area contributed by atoms with Crippen LogP contribution < -0.4 is 10.4 Å². The average Bonchev–Trinajstić information content (AvgIpc) is 2.85. The van der Waals surface area contributed by atoms with E-state index in [9.17, 15) is 0 Å². The summed E-state index contributed by atoms with van der Waals surface area (Å²) < 4.78 is 12.8. The first-order valence-corrected chi connectivity index (χ1v) is 12.2. The van der Waals surface area contributed by atoms with Crippen LogP contribution in [-0.2, 0) is 8.85 Å². The second-order valence-corrected chi connectivity index (χ2v) is 10.8. The zero-order valence-electron chi connectivity index (χ0n) is 17.8. The maximum atomic E-state index is 6.39. The lowest BCUT2D eigenvalue weighted by atomic mass is 10.0. The van der Waals surface area contributed by atoms with Gasteiger partial charge < -0.3 is 8.85 Å². The maximum Gasteiger partial charge on any atom is 0.407 e. The summed E-state index contributed by atoms with van der Waals surface area (Å²) in [4.78, 5) is 0. The highest BCUT2D eigenvalue weighted by atomic mass is 28.4. The fraction of sp³-hybridized carbons (Fsp3) is 0.0714. The molecule has 152 valence electrons. The summed E-state index contributed by atoms with van der Waals surface area (Å²) in [5, 5.41) is 9.36. The Kier molecular flexibility index (Phi) is 4.95. The van der Waals surface area contributed by atoms with Gasteiger partial charge in [0.2, 0.25) is 0 Å². The minimum Gasteiger partial charge on any atom is -0.391 e. The largest absolute Gasteiger partial charge is 0.407 e. The van der Waals surface area contributed by atoms with Crippen LogP contribution in [0, 0.1) is 0 Å². The van der Waals surface area contributed by atoms with Crippen LogP contribution in [-0.4, -0.2) is 22.8 Å². The van der Waals surface area contributed by atoms with E-state index in [-0.39, 0.29) is 0 Å². The quantitative estimate of drug-likeness (QED) is 0.271. The van der Waals surface area contributed by atoms with E-state index >= 15 is 0 Å². The van der Waals surface area contributed by atoms with Gasteiger partial charge in [-0.3, -0.25) is 0 Å². The number of rotatable bonds is 5. The van der Waals surface area contributed by atoms with Crippen LogP contribution >= 0.6 is 0 Å². The Morgan fingerprint density at radius 2 is 1.16 bits per heavy atom. The van der Waals surface area contributed by atoms with Crippen LogP contribution in [0.5, 0.6) is 0 Å². The summed E-state index contributed by atoms with van der Waals surface area (Å²) in [6, 6.07) is 32.0. The van der Waals surface area contributed by atoms with Gasteiger partial charge >= 0.3 is 8.56 Å². The van der Waals surface area contributed by atoms with E-state index < -0.39 is 8.56 Å². The lowest BCUT2D eigenvalue weighted by molar-refractivity contribution is 0.273. The van der Waals surface area contributed by atoms with E-state index in [1.165, 1.54) is 21.5 Å². The molecule has 0 amide bonds. The molecule has 0 aliphatic heterocycles. The molecular formula is C28H24O2Si. The molecule has 0 heterocycles. The van der Waals surface area contributed by atoms with Gasteiger partial charge in [0.25, 0.3) is 0 Å². The van der Waals surface area contributed by atoms with Crippen molar-refractivity contribution in [2.45, 2.75) is 0 Å². The molecule has 31 heavy (non-hydrogen) atoms. The van der Waals surface area contributed by atoms with Crippen molar-refractivity contribution in [3.8, 4) is 0 Å². The zero-order chi connectivity index (χ0) is 21.4. The van der Waals surface area contributed by atoms with E-state index in [0.29, 0.717) is 0 Å². The van der Waals surface area contributed by atoms with Gasteiger partial charge in [0, 0.05) is 24.6 Å². The fourth-order valence-electron chi connectivity index (χ4n) is 4.78. The van der Waals surface area contributed by atoms with Gasteiger partial charge in [-0.05, 0) is 43.9 Å². The minimum absolute atomic E-state index is 1.11. The van der Waals surface area contributed by atoms with Gasteiger partial charge in [-0.2, -0.15) is 0 Å². The summed E-state index contributed by atoms with van der Waals surface area (Å²) >= 11 is 0. The third kappa shape index (κ3) is 2.93. The molecule has 0 saturated heterocycles.